The monoisotopic (exact) mass is 307 g/mol. The Kier molecular flexibility index (Phi) is 3.62. The van der Waals surface area contributed by atoms with Crippen LogP contribution in [0.25, 0.3) is 4.96 Å². The molecular weight excluding hydrogens is 290 g/mol. The maximum atomic E-state index is 12.1. The molecule has 0 saturated carbocycles. The number of likely N-dealkylation sites (N-methyl/N-ethyl adjacent to an activating group) is 1. The Balaban J connectivity index is 1.81. The average molecular weight is 307 g/mol. The van der Waals surface area contributed by atoms with Crippen molar-refractivity contribution in [2.75, 3.05) is 31.6 Å². The van der Waals surface area contributed by atoms with Crippen LogP contribution in [0.15, 0.2) is 10.9 Å². The van der Waals surface area contributed by atoms with Gasteiger partial charge in [0.1, 0.15) is 0 Å². The Labute approximate surface area is 125 Å². The number of aryl methyl sites for hydroxylation is 1. The number of anilines is 1. The van der Waals surface area contributed by atoms with Gasteiger partial charge in [0.2, 0.25) is 16.0 Å². The predicted molar refractivity (Wildman–Crippen MR) is 81.0 cm³/mol. The summed E-state index contributed by atoms with van der Waals surface area (Å²) in [6.45, 7) is 3.73. The number of carbonyl (C=O) groups is 1. The number of rotatable bonds is 3. The van der Waals surface area contributed by atoms with Gasteiger partial charge in [-0.1, -0.05) is 11.3 Å². The van der Waals surface area contributed by atoms with Crippen molar-refractivity contribution in [3.63, 3.8) is 0 Å². The van der Waals surface area contributed by atoms with Crippen molar-refractivity contribution < 1.29 is 4.79 Å². The lowest BCUT2D eigenvalue weighted by atomic mass is 10.4. The average Bonchev–Trinajstić information content (AvgIpc) is 3.07. The van der Waals surface area contributed by atoms with Crippen molar-refractivity contribution in [2.24, 2.45) is 0 Å². The van der Waals surface area contributed by atoms with Gasteiger partial charge < -0.3 is 9.80 Å². The van der Waals surface area contributed by atoms with Crippen LogP contribution in [0.4, 0.5) is 5.13 Å². The molecular formula is C13H17N5O2S. The van der Waals surface area contributed by atoms with E-state index >= 15 is 0 Å². The molecule has 2 aromatic heterocycles. The van der Waals surface area contributed by atoms with Crippen molar-refractivity contribution in [1.82, 2.24) is 19.5 Å². The lowest BCUT2D eigenvalue weighted by molar-refractivity contribution is -0.128. The van der Waals surface area contributed by atoms with E-state index in [4.69, 9.17) is 0 Å². The van der Waals surface area contributed by atoms with Crippen LogP contribution in [-0.2, 0) is 4.79 Å². The first-order valence-electron chi connectivity index (χ1n) is 6.91. The van der Waals surface area contributed by atoms with E-state index < -0.39 is 0 Å². The maximum absolute atomic E-state index is 12.1. The number of likely N-dealkylation sites (tertiary alicyclic amines) is 1. The quantitative estimate of drug-likeness (QED) is 0.826. The van der Waals surface area contributed by atoms with Crippen LogP contribution in [0.3, 0.4) is 0 Å². The largest absolute Gasteiger partial charge is 0.341 e. The van der Waals surface area contributed by atoms with Crippen LogP contribution < -0.4 is 10.5 Å². The second kappa shape index (κ2) is 5.44. The number of hydrogen-bond acceptors (Lipinski definition) is 6. The lowest BCUT2D eigenvalue weighted by Gasteiger charge is -2.20. The third-order valence-corrected chi connectivity index (χ3v) is 4.54. The highest BCUT2D eigenvalue weighted by molar-refractivity contribution is 7.20. The van der Waals surface area contributed by atoms with Gasteiger partial charge in [0.25, 0.3) is 5.56 Å². The normalized spacial score (nSPS) is 14.9. The fourth-order valence-electron chi connectivity index (χ4n) is 2.40. The van der Waals surface area contributed by atoms with Gasteiger partial charge in [-0.3, -0.25) is 9.59 Å². The van der Waals surface area contributed by atoms with Crippen molar-refractivity contribution >= 4 is 27.3 Å². The van der Waals surface area contributed by atoms with Gasteiger partial charge in [0, 0.05) is 31.9 Å². The number of aromatic nitrogens is 3. The van der Waals surface area contributed by atoms with Crippen LogP contribution in [0.2, 0.25) is 0 Å². The lowest BCUT2D eigenvalue weighted by Crippen LogP contribution is -2.37. The molecule has 1 aliphatic rings. The first-order valence-corrected chi connectivity index (χ1v) is 7.73. The Morgan fingerprint density at radius 1 is 1.43 bits per heavy atom. The minimum Gasteiger partial charge on any atom is -0.341 e. The molecule has 0 radical (unpaired) electrons. The number of amides is 1. The van der Waals surface area contributed by atoms with Gasteiger partial charge in [0.05, 0.1) is 6.54 Å². The summed E-state index contributed by atoms with van der Waals surface area (Å²) in [6.07, 6.45) is 2.16. The third-order valence-electron chi connectivity index (χ3n) is 3.52. The number of nitrogens with zero attached hydrogens (tertiary/aromatic N) is 5. The summed E-state index contributed by atoms with van der Waals surface area (Å²) < 4.78 is 1.28. The Morgan fingerprint density at radius 2 is 2.14 bits per heavy atom. The van der Waals surface area contributed by atoms with Gasteiger partial charge >= 0.3 is 0 Å². The fraction of sp³-hybridized carbons (Fsp3) is 0.538. The summed E-state index contributed by atoms with van der Waals surface area (Å²) >= 11 is 1.31. The molecule has 112 valence electrons. The summed E-state index contributed by atoms with van der Waals surface area (Å²) in [5, 5.41) is 4.87. The van der Waals surface area contributed by atoms with E-state index in [0.29, 0.717) is 15.8 Å². The number of hydrogen-bond donors (Lipinski definition) is 0. The second-order valence-electron chi connectivity index (χ2n) is 5.26. The molecule has 0 aliphatic carbocycles. The highest BCUT2D eigenvalue weighted by Crippen LogP contribution is 2.20. The molecule has 21 heavy (non-hydrogen) atoms. The minimum absolute atomic E-state index is 0.103. The number of fused-ring (bicyclic) bond motifs is 1. The molecule has 3 rings (SSSR count). The molecule has 3 heterocycles. The summed E-state index contributed by atoms with van der Waals surface area (Å²) in [6, 6.07) is 1.45. The second-order valence-corrected chi connectivity index (χ2v) is 6.19. The van der Waals surface area contributed by atoms with E-state index in [-0.39, 0.29) is 18.0 Å². The van der Waals surface area contributed by atoms with Gasteiger partial charge in [-0.25, -0.2) is 4.98 Å². The minimum atomic E-state index is -0.195. The van der Waals surface area contributed by atoms with Crippen LogP contribution in [0, 0.1) is 6.92 Å². The van der Waals surface area contributed by atoms with E-state index in [2.05, 4.69) is 10.1 Å². The van der Waals surface area contributed by atoms with Crippen LogP contribution in [-0.4, -0.2) is 52.1 Å². The fourth-order valence-corrected chi connectivity index (χ4v) is 3.31. The smallest absolute Gasteiger partial charge is 0.275 e. The molecule has 1 fully saturated rings. The SMILES string of the molecule is Cc1cc(=O)n2nc(N(C)CC(=O)N3CCCC3)sc2n1. The predicted octanol–water partition coefficient (Wildman–Crippen LogP) is 0.518. The molecule has 7 nitrogen and oxygen atoms in total. The van der Waals surface area contributed by atoms with Crippen LogP contribution >= 0.6 is 11.3 Å². The van der Waals surface area contributed by atoms with E-state index in [1.807, 2.05) is 11.9 Å². The molecule has 0 atom stereocenters. The Morgan fingerprint density at radius 3 is 2.86 bits per heavy atom. The maximum Gasteiger partial charge on any atom is 0.275 e. The van der Waals surface area contributed by atoms with Crippen LogP contribution in [0.1, 0.15) is 18.5 Å². The highest BCUT2D eigenvalue weighted by atomic mass is 32.1. The summed E-state index contributed by atoms with van der Waals surface area (Å²) in [5.74, 6) is 0.103. The molecule has 1 saturated heterocycles. The summed E-state index contributed by atoms with van der Waals surface area (Å²) in [7, 11) is 1.81. The first-order chi connectivity index (χ1) is 10.0. The molecule has 0 bridgehead atoms. The molecule has 1 aliphatic heterocycles. The van der Waals surface area contributed by atoms with E-state index in [1.54, 1.807) is 11.8 Å². The molecule has 0 spiro atoms. The molecule has 8 heteroatoms. The van der Waals surface area contributed by atoms with Crippen molar-refractivity contribution in [2.45, 2.75) is 19.8 Å². The van der Waals surface area contributed by atoms with Crippen molar-refractivity contribution in [1.29, 1.82) is 0 Å². The van der Waals surface area contributed by atoms with Gasteiger partial charge in [-0.2, -0.15) is 4.52 Å². The Bertz CT molecular complexity index is 732. The van der Waals surface area contributed by atoms with Crippen molar-refractivity contribution in [3.05, 3.63) is 22.1 Å². The molecule has 2 aromatic rings. The van der Waals surface area contributed by atoms with Crippen molar-refractivity contribution in [3.8, 4) is 0 Å². The van der Waals surface area contributed by atoms with Crippen LogP contribution in [0.5, 0.6) is 0 Å². The van der Waals surface area contributed by atoms with E-state index in [1.165, 1.54) is 21.9 Å². The van der Waals surface area contributed by atoms with Gasteiger partial charge in [0.15, 0.2) is 0 Å². The van der Waals surface area contributed by atoms with E-state index in [0.717, 1.165) is 25.9 Å². The highest BCUT2D eigenvalue weighted by Gasteiger charge is 2.20. The summed E-state index contributed by atoms with van der Waals surface area (Å²) in [5.41, 5.74) is 0.477. The summed E-state index contributed by atoms with van der Waals surface area (Å²) in [4.78, 5) is 32.5. The zero-order valence-electron chi connectivity index (χ0n) is 12.1. The van der Waals surface area contributed by atoms with E-state index in [9.17, 15) is 9.59 Å². The first kappa shape index (κ1) is 14.0. The van der Waals surface area contributed by atoms with Gasteiger partial charge in [-0.15, -0.1) is 5.10 Å². The standard InChI is InChI=1S/C13H17N5O2S/c1-9-7-10(19)18-12(14-9)21-13(15-18)16(2)8-11(20)17-5-3-4-6-17/h7H,3-6,8H2,1-2H3. The molecule has 1 amide bonds. The van der Waals surface area contributed by atoms with Gasteiger partial charge in [-0.05, 0) is 19.8 Å². The molecule has 0 N–H and O–H groups in total. The number of carbonyl (C=O) groups excluding carboxylic acids is 1. The Hall–Kier alpha value is -1.96. The molecule has 0 unspecified atom stereocenters. The topological polar surface area (TPSA) is 70.8 Å². The zero-order chi connectivity index (χ0) is 15.0. The zero-order valence-corrected chi connectivity index (χ0v) is 12.9. The third kappa shape index (κ3) is 2.76. The molecule has 0 aromatic carbocycles.